The number of carbonyl (C=O) groups is 2. The van der Waals surface area contributed by atoms with Gasteiger partial charge in [-0.05, 0) is 67.4 Å². The minimum Gasteiger partial charge on any atom is -0.496 e. The summed E-state index contributed by atoms with van der Waals surface area (Å²) in [6.45, 7) is 3.54. The van der Waals surface area contributed by atoms with Crippen LogP contribution < -0.4 is 18.9 Å². The van der Waals surface area contributed by atoms with E-state index in [4.69, 9.17) is 42.1 Å². The lowest BCUT2D eigenvalue weighted by atomic mass is 10.1. The first-order valence-electron chi connectivity index (χ1n) is 14.1. The van der Waals surface area contributed by atoms with E-state index in [2.05, 4.69) is 9.97 Å². The highest BCUT2D eigenvalue weighted by atomic mass is 35.5. The number of fused-ring (bicyclic) bond motifs is 2. The molecule has 6 rings (SSSR count). The molecule has 0 N–H and O–H groups in total. The minimum absolute atomic E-state index is 0.210. The number of para-hydroxylation sites is 2. The van der Waals surface area contributed by atoms with Crippen LogP contribution in [0, 0.1) is 13.8 Å². The Balaban J connectivity index is 0.000000181. The van der Waals surface area contributed by atoms with Gasteiger partial charge in [-0.25, -0.2) is 9.59 Å². The zero-order valence-electron chi connectivity index (χ0n) is 25.1. The lowest BCUT2D eigenvalue weighted by Gasteiger charge is -2.13. The predicted octanol–water partition coefficient (Wildman–Crippen LogP) is 8.61. The Labute approximate surface area is 275 Å². The van der Waals surface area contributed by atoms with Crippen molar-refractivity contribution in [3.05, 3.63) is 130 Å². The second-order valence-corrected chi connectivity index (χ2v) is 10.8. The number of aryl methyl sites for hydroxylation is 2. The average Bonchev–Trinajstić information content (AvgIpc) is 3.06. The second-order valence-electron chi connectivity index (χ2n) is 10.0. The molecule has 4 aromatic carbocycles. The third-order valence-corrected chi connectivity index (χ3v) is 7.37. The second kappa shape index (κ2) is 14.7. The van der Waals surface area contributed by atoms with Crippen LogP contribution in [-0.4, -0.2) is 35.6 Å². The summed E-state index contributed by atoms with van der Waals surface area (Å²) in [6, 6.07) is 27.1. The molecule has 232 valence electrons. The molecule has 0 spiro atoms. The Morgan fingerprint density at radius 1 is 0.696 bits per heavy atom. The molecule has 10 heteroatoms. The summed E-state index contributed by atoms with van der Waals surface area (Å²) in [5.41, 5.74) is 3.29. The number of benzene rings is 4. The van der Waals surface area contributed by atoms with Gasteiger partial charge in [0.15, 0.2) is 18.1 Å². The van der Waals surface area contributed by atoms with Gasteiger partial charge >= 0.3 is 11.9 Å². The molecule has 0 aliphatic heterocycles. The minimum atomic E-state index is -0.575. The standard InChI is InChI=1S/2C18H14ClNO3/c1-11-8-9-13(19)15(17(11)22-2)18(21)23-14-7-3-5-12-6-4-10-20-16(12)14;1-12-7-8-15(14(19)10-12)22-11-17(21)23-16-6-2-4-13-5-3-9-20-18(13)16/h3-10H,1-2H3;2-10H,11H2,1H3. The number of rotatable bonds is 7. The van der Waals surface area contributed by atoms with Crippen LogP contribution in [-0.2, 0) is 4.79 Å². The van der Waals surface area contributed by atoms with Crippen LogP contribution in [0.5, 0.6) is 23.0 Å². The topological polar surface area (TPSA) is 96.8 Å². The lowest BCUT2D eigenvalue weighted by Crippen LogP contribution is -2.18. The number of methoxy groups -OCH3 is 1. The van der Waals surface area contributed by atoms with Gasteiger partial charge < -0.3 is 18.9 Å². The number of ether oxygens (including phenoxy) is 4. The van der Waals surface area contributed by atoms with Crippen LogP contribution in [0.2, 0.25) is 10.0 Å². The third kappa shape index (κ3) is 7.54. The number of nitrogens with zero attached hydrogens (tertiary/aromatic N) is 2. The lowest BCUT2D eigenvalue weighted by molar-refractivity contribution is -0.136. The molecule has 0 fully saturated rings. The molecule has 2 aromatic heterocycles. The van der Waals surface area contributed by atoms with Gasteiger partial charge in [-0.2, -0.15) is 0 Å². The maximum Gasteiger partial charge on any atom is 0.349 e. The van der Waals surface area contributed by atoms with Crippen LogP contribution >= 0.6 is 23.2 Å². The van der Waals surface area contributed by atoms with E-state index in [0.717, 1.165) is 21.9 Å². The van der Waals surface area contributed by atoms with E-state index < -0.39 is 11.9 Å². The fraction of sp³-hybridized carbons (Fsp3) is 0.111. The van der Waals surface area contributed by atoms with Gasteiger partial charge in [0.1, 0.15) is 28.1 Å². The number of pyridine rings is 2. The SMILES string of the molecule is COc1c(C)ccc(Cl)c1C(=O)Oc1cccc2cccnc12.Cc1ccc(OCC(=O)Oc2cccc3cccnc23)c(Cl)c1. The Kier molecular flexibility index (Phi) is 10.3. The van der Waals surface area contributed by atoms with Crippen molar-refractivity contribution < 1.29 is 28.5 Å². The number of esters is 2. The summed E-state index contributed by atoms with van der Waals surface area (Å²) in [5, 5.41) is 2.54. The average molecular weight is 656 g/mol. The summed E-state index contributed by atoms with van der Waals surface area (Å²) in [5.74, 6) is 0.564. The van der Waals surface area contributed by atoms with Crippen LogP contribution in [0.15, 0.2) is 103 Å². The third-order valence-electron chi connectivity index (χ3n) is 6.76. The maximum atomic E-state index is 12.6. The van der Waals surface area contributed by atoms with Crippen LogP contribution in [0.1, 0.15) is 21.5 Å². The summed E-state index contributed by atoms with van der Waals surface area (Å²) in [4.78, 5) is 33.1. The van der Waals surface area contributed by atoms with E-state index in [1.54, 1.807) is 48.8 Å². The van der Waals surface area contributed by atoms with Gasteiger partial charge in [0.05, 0.1) is 17.2 Å². The summed E-state index contributed by atoms with van der Waals surface area (Å²) in [7, 11) is 1.49. The van der Waals surface area contributed by atoms with E-state index in [1.165, 1.54) is 7.11 Å². The Hall–Kier alpha value is -5.18. The highest BCUT2D eigenvalue weighted by Gasteiger charge is 2.21. The largest absolute Gasteiger partial charge is 0.496 e. The molecule has 46 heavy (non-hydrogen) atoms. The number of aromatic nitrogens is 2. The monoisotopic (exact) mass is 654 g/mol. The Bertz CT molecular complexity index is 2040. The van der Waals surface area contributed by atoms with Crippen molar-refractivity contribution in [2.45, 2.75) is 13.8 Å². The molecule has 0 saturated heterocycles. The molecular weight excluding hydrogens is 627 g/mol. The molecule has 0 aliphatic carbocycles. The van der Waals surface area contributed by atoms with Gasteiger partial charge in [0.25, 0.3) is 0 Å². The fourth-order valence-corrected chi connectivity index (χ4v) is 5.11. The van der Waals surface area contributed by atoms with Crippen molar-refractivity contribution in [1.82, 2.24) is 9.97 Å². The Morgan fingerprint density at radius 3 is 1.91 bits per heavy atom. The van der Waals surface area contributed by atoms with Crippen molar-refractivity contribution in [2.24, 2.45) is 0 Å². The molecule has 8 nitrogen and oxygen atoms in total. The first kappa shape index (κ1) is 32.2. The van der Waals surface area contributed by atoms with Gasteiger partial charge in [-0.1, -0.05) is 71.7 Å². The normalized spacial score (nSPS) is 10.5. The molecular formula is C36H28Cl2N2O6. The summed E-state index contributed by atoms with van der Waals surface area (Å²) in [6.07, 6.45) is 3.31. The number of hydrogen-bond donors (Lipinski definition) is 0. The van der Waals surface area contributed by atoms with E-state index in [0.29, 0.717) is 39.1 Å². The highest BCUT2D eigenvalue weighted by Crippen LogP contribution is 2.32. The van der Waals surface area contributed by atoms with Crippen molar-refractivity contribution in [3.63, 3.8) is 0 Å². The van der Waals surface area contributed by atoms with Gasteiger partial charge in [0.2, 0.25) is 0 Å². The number of hydrogen-bond acceptors (Lipinski definition) is 8. The first-order chi connectivity index (χ1) is 22.2. The highest BCUT2D eigenvalue weighted by molar-refractivity contribution is 6.34. The molecule has 0 aliphatic rings. The number of halogens is 2. The molecule has 0 radical (unpaired) electrons. The maximum absolute atomic E-state index is 12.6. The smallest absolute Gasteiger partial charge is 0.349 e. The van der Waals surface area contributed by atoms with Crippen LogP contribution in [0.3, 0.4) is 0 Å². The van der Waals surface area contributed by atoms with Crippen molar-refractivity contribution in [1.29, 1.82) is 0 Å². The molecule has 0 amide bonds. The van der Waals surface area contributed by atoms with Gasteiger partial charge in [0, 0.05) is 23.2 Å². The molecule has 0 unspecified atom stereocenters. The molecule has 6 aromatic rings. The van der Waals surface area contributed by atoms with Gasteiger partial charge in [-0.15, -0.1) is 0 Å². The van der Waals surface area contributed by atoms with E-state index in [-0.39, 0.29) is 17.2 Å². The van der Waals surface area contributed by atoms with Crippen molar-refractivity contribution >= 4 is 56.9 Å². The van der Waals surface area contributed by atoms with Crippen molar-refractivity contribution in [3.8, 4) is 23.0 Å². The molecule has 0 atom stereocenters. The molecule has 0 bridgehead atoms. The Morgan fingerprint density at radius 2 is 1.30 bits per heavy atom. The van der Waals surface area contributed by atoms with E-state index in [9.17, 15) is 9.59 Å². The zero-order chi connectivity index (χ0) is 32.6. The number of carbonyl (C=O) groups excluding carboxylic acids is 2. The van der Waals surface area contributed by atoms with Gasteiger partial charge in [-0.3, -0.25) is 9.97 Å². The van der Waals surface area contributed by atoms with E-state index >= 15 is 0 Å². The van der Waals surface area contributed by atoms with Crippen LogP contribution in [0.25, 0.3) is 21.8 Å². The summed E-state index contributed by atoms with van der Waals surface area (Å²) < 4.78 is 21.6. The molecule has 0 saturated carbocycles. The quantitative estimate of drug-likeness (QED) is 0.125. The summed E-state index contributed by atoms with van der Waals surface area (Å²) >= 11 is 12.2. The van der Waals surface area contributed by atoms with Crippen molar-refractivity contribution in [2.75, 3.05) is 13.7 Å². The van der Waals surface area contributed by atoms with E-state index in [1.807, 2.05) is 68.4 Å². The predicted molar refractivity (Wildman–Crippen MR) is 179 cm³/mol. The fourth-order valence-electron chi connectivity index (χ4n) is 4.60. The molecule has 2 heterocycles. The zero-order valence-corrected chi connectivity index (χ0v) is 26.6. The first-order valence-corrected chi connectivity index (χ1v) is 14.8. The van der Waals surface area contributed by atoms with Crippen LogP contribution in [0.4, 0.5) is 0 Å².